The molecular weight excluding hydrogens is 491 g/mol. The molecule has 6 nitrogen and oxygen atoms in total. The first-order chi connectivity index (χ1) is 17.1. The van der Waals surface area contributed by atoms with E-state index in [1.165, 1.54) is 35.0 Å². The van der Waals surface area contributed by atoms with Gasteiger partial charge in [0.25, 0.3) is 5.56 Å². The number of nitrogens with zero attached hydrogens (tertiary/aromatic N) is 3. The topological polar surface area (TPSA) is 64.3 Å². The molecule has 0 unspecified atom stereocenters. The second-order valence-corrected chi connectivity index (χ2v) is 9.95. The number of hydrogen-bond acceptors (Lipinski definition) is 4. The summed E-state index contributed by atoms with van der Waals surface area (Å²) in [6.45, 7) is 3.90. The van der Waals surface area contributed by atoms with Crippen LogP contribution in [0.15, 0.2) is 58.1 Å². The highest BCUT2D eigenvalue weighted by atomic mass is 32.1. The molecule has 1 amide bonds. The molecule has 186 valence electrons. The van der Waals surface area contributed by atoms with Gasteiger partial charge < -0.3 is 4.90 Å². The number of para-hydroxylation sites is 1. The molecule has 1 aliphatic heterocycles. The number of benzene rings is 2. The van der Waals surface area contributed by atoms with Crippen molar-refractivity contribution in [2.24, 2.45) is 0 Å². The highest BCUT2D eigenvalue weighted by Gasteiger charge is 2.31. The Morgan fingerprint density at radius 2 is 1.83 bits per heavy atom. The average molecular weight is 514 g/mol. The summed E-state index contributed by atoms with van der Waals surface area (Å²) >= 11 is 1.25. The van der Waals surface area contributed by atoms with Gasteiger partial charge in [-0.2, -0.15) is 13.2 Å². The minimum absolute atomic E-state index is 0.0863. The number of fused-ring (bicyclic) bond motifs is 3. The number of halogens is 3. The zero-order chi connectivity index (χ0) is 25.8. The normalized spacial score (nSPS) is 13.8. The van der Waals surface area contributed by atoms with E-state index in [-0.39, 0.29) is 12.5 Å². The Morgan fingerprint density at radius 3 is 2.53 bits per heavy atom. The summed E-state index contributed by atoms with van der Waals surface area (Å²) in [6.07, 6.45) is -4.06. The maximum atomic E-state index is 13.8. The van der Waals surface area contributed by atoms with E-state index in [1.54, 1.807) is 36.1 Å². The van der Waals surface area contributed by atoms with Gasteiger partial charge in [-0.15, -0.1) is 11.3 Å². The summed E-state index contributed by atoms with van der Waals surface area (Å²) in [5.74, 6) is -0.0863. The fourth-order valence-corrected chi connectivity index (χ4v) is 6.02. The van der Waals surface area contributed by atoms with E-state index in [9.17, 15) is 27.6 Å². The monoisotopic (exact) mass is 513 g/mol. The molecule has 5 rings (SSSR count). The van der Waals surface area contributed by atoms with Crippen molar-refractivity contribution in [3.8, 4) is 5.69 Å². The smallest absolute Gasteiger partial charge is 0.337 e. The molecule has 10 heteroatoms. The van der Waals surface area contributed by atoms with Gasteiger partial charge in [0.1, 0.15) is 4.83 Å². The van der Waals surface area contributed by atoms with Gasteiger partial charge in [0.2, 0.25) is 5.91 Å². The van der Waals surface area contributed by atoms with Gasteiger partial charge in [-0.1, -0.05) is 30.3 Å². The SMILES string of the molecule is CC(=O)N1CCc2c(sc3c2c(=O)n(-c2ccccc2C)c(=O)n3Cc2cccc(C(F)(F)F)c2)C1. The summed E-state index contributed by atoms with van der Waals surface area (Å²) in [4.78, 5) is 42.4. The van der Waals surface area contributed by atoms with E-state index >= 15 is 0 Å². The molecule has 0 N–H and O–H groups in total. The third-order valence-electron chi connectivity index (χ3n) is 6.52. The number of aryl methyl sites for hydroxylation is 1. The number of carbonyl (C=O) groups is 1. The molecule has 2 aromatic heterocycles. The molecule has 0 radical (unpaired) electrons. The summed E-state index contributed by atoms with van der Waals surface area (Å²) in [7, 11) is 0. The van der Waals surface area contributed by atoms with Gasteiger partial charge in [0, 0.05) is 18.3 Å². The van der Waals surface area contributed by atoms with Gasteiger partial charge >= 0.3 is 11.9 Å². The van der Waals surface area contributed by atoms with Gasteiger partial charge in [-0.05, 0) is 48.2 Å². The number of amides is 1. The molecule has 0 aliphatic carbocycles. The lowest BCUT2D eigenvalue weighted by Gasteiger charge is -2.25. The molecule has 0 fully saturated rings. The van der Waals surface area contributed by atoms with Gasteiger partial charge in [-0.3, -0.25) is 14.2 Å². The van der Waals surface area contributed by atoms with Crippen LogP contribution in [-0.4, -0.2) is 26.5 Å². The Kier molecular flexibility index (Phi) is 5.86. The predicted molar refractivity (Wildman–Crippen MR) is 132 cm³/mol. The number of hydrogen-bond donors (Lipinski definition) is 0. The minimum atomic E-state index is -4.52. The molecule has 0 atom stereocenters. The third kappa shape index (κ3) is 4.05. The zero-order valence-corrected chi connectivity index (χ0v) is 20.4. The molecule has 1 aliphatic rings. The predicted octanol–water partition coefficient (Wildman–Crippen LogP) is 4.49. The number of aromatic nitrogens is 2. The van der Waals surface area contributed by atoms with Crippen LogP contribution in [0.1, 0.15) is 34.1 Å². The Morgan fingerprint density at radius 1 is 1.08 bits per heavy atom. The summed E-state index contributed by atoms with van der Waals surface area (Å²) in [5, 5.41) is 0.382. The fraction of sp³-hybridized carbons (Fsp3) is 0.269. The molecule has 0 saturated carbocycles. The lowest BCUT2D eigenvalue weighted by Crippen LogP contribution is -2.39. The quantitative estimate of drug-likeness (QED) is 0.406. The Balaban J connectivity index is 1.78. The van der Waals surface area contributed by atoms with Gasteiger partial charge in [-0.25, -0.2) is 9.36 Å². The first kappa shape index (κ1) is 24.1. The van der Waals surface area contributed by atoms with Gasteiger partial charge in [0.15, 0.2) is 0 Å². The van der Waals surface area contributed by atoms with Crippen molar-refractivity contribution < 1.29 is 18.0 Å². The van der Waals surface area contributed by atoms with Crippen LogP contribution in [0.4, 0.5) is 13.2 Å². The van der Waals surface area contributed by atoms with E-state index in [0.717, 1.165) is 27.1 Å². The van der Waals surface area contributed by atoms with E-state index in [0.29, 0.717) is 46.5 Å². The van der Waals surface area contributed by atoms with Crippen LogP contribution in [-0.2, 0) is 30.5 Å². The van der Waals surface area contributed by atoms with Crippen LogP contribution in [0.2, 0.25) is 0 Å². The van der Waals surface area contributed by atoms with Crippen molar-refractivity contribution in [2.75, 3.05) is 6.54 Å². The lowest BCUT2D eigenvalue weighted by molar-refractivity contribution is -0.137. The van der Waals surface area contributed by atoms with Crippen LogP contribution in [0.3, 0.4) is 0 Å². The van der Waals surface area contributed by atoms with Crippen LogP contribution in [0.5, 0.6) is 0 Å². The summed E-state index contributed by atoms with van der Waals surface area (Å²) in [6, 6.07) is 11.8. The van der Waals surface area contributed by atoms with Crippen LogP contribution in [0, 0.1) is 6.92 Å². The first-order valence-corrected chi connectivity index (χ1v) is 12.2. The van der Waals surface area contributed by atoms with E-state index < -0.39 is 23.0 Å². The summed E-state index contributed by atoms with van der Waals surface area (Å²) in [5.41, 5.74) is 0.332. The number of rotatable bonds is 3. The maximum Gasteiger partial charge on any atom is 0.416 e. The summed E-state index contributed by atoms with van der Waals surface area (Å²) < 4.78 is 42.5. The Hall–Kier alpha value is -3.66. The van der Waals surface area contributed by atoms with Crippen molar-refractivity contribution >= 4 is 27.5 Å². The lowest BCUT2D eigenvalue weighted by atomic mass is 10.0. The Bertz CT molecular complexity index is 1630. The zero-order valence-electron chi connectivity index (χ0n) is 19.6. The van der Waals surface area contributed by atoms with E-state index in [4.69, 9.17) is 0 Å². The fourth-order valence-electron chi connectivity index (χ4n) is 4.67. The number of thiophene rings is 1. The highest BCUT2D eigenvalue weighted by Crippen LogP contribution is 2.34. The Labute approximate surface area is 207 Å². The minimum Gasteiger partial charge on any atom is -0.337 e. The van der Waals surface area contributed by atoms with E-state index in [1.807, 2.05) is 0 Å². The van der Waals surface area contributed by atoms with Crippen molar-refractivity contribution in [1.29, 1.82) is 0 Å². The third-order valence-corrected chi connectivity index (χ3v) is 7.76. The first-order valence-electron chi connectivity index (χ1n) is 11.3. The van der Waals surface area contributed by atoms with E-state index in [2.05, 4.69) is 0 Å². The van der Waals surface area contributed by atoms with Gasteiger partial charge in [0.05, 0.1) is 29.7 Å². The van der Waals surface area contributed by atoms with Crippen LogP contribution < -0.4 is 11.2 Å². The molecule has 0 bridgehead atoms. The number of alkyl halides is 3. The molecule has 4 aromatic rings. The van der Waals surface area contributed by atoms with Crippen LogP contribution in [0.25, 0.3) is 15.9 Å². The average Bonchev–Trinajstić information content (AvgIpc) is 3.21. The molecule has 36 heavy (non-hydrogen) atoms. The molecule has 0 spiro atoms. The maximum absolute atomic E-state index is 13.8. The number of carbonyl (C=O) groups excluding carboxylic acids is 1. The largest absolute Gasteiger partial charge is 0.416 e. The second kappa shape index (κ2) is 8.77. The molecule has 3 heterocycles. The van der Waals surface area contributed by atoms with Crippen molar-refractivity contribution in [1.82, 2.24) is 14.0 Å². The van der Waals surface area contributed by atoms with Crippen molar-refractivity contribution in [3.63, 3.8) is 0 Å². The standard InChI is InChI=1S/C26H22F3N3O3S/c1-15-6-3-4-9-20(15)32-23(34)22-19-10-11-30(16(2)33)14-21(19)36-24(22)31(25(32)35)13-17-7-5-8-18(12-17)26(27,28)29/h3-9,12H,10-11,13-14H2,1-2H3. The molecule has 0 saturated heterocycles. The molecule has 2 aromatic carbocycles. The second-order valence-electron chi connectivity index (χ2n) is 8.87. The van der Waals surface area contributed by atoms with Crippen molar-refractivity contribution in [3.05, 3.63) is 96.5 Å². The molecular formula is C26H22F3N3O3S. The van der Waals surface area contributed by atoms with Crippen LogP contribution >= 0.6 is 11.3 Å². The highest BCUT2D eigenvalue weighted by molar-refractivity contribution is 7.18. The van der Waals surface area contributed by atoms with Crippen molar-refractivity contribution in [2.45, 2.75) is 39.5 Å².